The molecule has 0 atom stereocenters. The molecule has 180 valence electrons. The summed E-state index contributed by atoms with van der Waals surface area (Å²) in [6.45, 7) is 9.18. The van der Waals surface area contributed by atoms with Crippen molar-refractivity contribution in [3.05, 3.63) is 89.4 Å². The first-order valence-corrected chi connectivity index (χ1v) is 12.5. The fourth-order valence-corrected chi connectivity index (χ4v) is 5.39. The van der Waals surface area contributed by atoms with Gasteiger partial charge in [0.2, 0.25) is 0 Å². The molecule has 0 aliphatic carbocycles. The van der Waals surface area contributed by atoms with E-state index in [4.69, 9.17) is 4.42 Å². The van der Waals surface area contributed by atoms with Crippen molar-refractivity contribution in [2.24, 2.45) is 0 Å². The van der Waals surface area contributed by atoms with Gasteiger partial charge in [-0.3, -0.25) is 14.6 Å². The van der Waals surface area contributed by atoms with Crippen LogP contribution in [0.25, 0.3) is 11.0 Å². The molecule has 8 heteroatoms. The predicted molar refractivity (Wildman–Crippen MR) is 134 cm³/mol. The van der Waals surface area contributed by atoms with Gasteiger partial charge in [0.1, 0.15) is 11.3 Å². The Kier molecular flexibility index (Phi) is 6.11. The van der Waals surface area contributed by atoms with Crippen molar-refractivity contribution >= 4 is 38.4 Å². The minimum atomic E-state index is -4.31. The van der Waals surface area contributed by atoms with E-state index < -0.39 is 15.9 Å². The van der Waals surface area contributed by atoms with Crippen molar-refractivity contribution in [3.8, 4) is 0 Å². The predicted octanol–water partition coefficient (Wildman–Crippen LogP) is 5.67. The van der Waals surface area contributed by atoms with Crippen LogP contribution in [0.1, 0.15) is 59.7 Å². The summed E-state index contributed by atoms with van der Waals surface area (Å²) in [6.07, 6.45) is 2.85. The number of Topliss-reactive ketones (excluding diaryl/α,β-unsaturated/α-hetero) is 1. The van der Waals surface area contributed by atoms with Crippen LogP contribution in [0.5, 0.6) is 0 Å². The third-order valence-electron chi connectivity index (χ3n) is 5.80. The van der Waals surface area contributed by atoms with Crippen molar-refractivity contribution in [3.63, 3.8) is 0 Å². The smallest absolute Gasteiger partial charge is 0.272 e. The van der Waals surface area contributed by atoms with E-state index in [-0.39, 0.29) is 27.3 Å². The molecule has 0 unspecified atom stereocenters. The number of aryl methyl sites for hydroxylation is 1. The molecule has 0 bridgehead atoms. The zero-order chi connectivity index (χ0) is 25.5. The van der Waals surface area contributed by atoms with Gasteiger partial charge in [0.15, 0.2) is 5.78 Å². The maximum atomic E-state index is 13.9. The molecule has 0 saturated heterocycles. The highest BCUT2D eigenvalue weighted by Crippen LogP contribution is 2.33. The van der Waals surface area contributed by atoms with Crippen LogP contribution in [0.2, 0.25) is 0 Å². The van der Waals surface area contributed by atoms with E-state index in [2.05, 4.69) is 4.98 Å². The van der Waals surface area contributed by atoms with Crippen LogP contribution in [0, 0.1) is 6.92 Å². The summed E-state index contributed by atoms with van der Waals surface area (Å²) in [5.74, 6) is -0.528. The number of amides is 1. The number of rotatable bonds is 5. The summed E-state index contributed by atoms with van der Waals surface area (Å²) < 4.78 is 34.2. The van der Waals surface area contributed by atoms with Crippen molar-refractivity contribution in [1.82, 2.24) is 4.98 Å². The molecular formula is C27H26N2O5S. The van der Waals surface area contributed by atoms with Crippen LogP contribution < -0.4 is 4.31 Å². The number of ketones is 1. The van der Waals surface area contributed by atoms with Crippen molar-refractivity contribution in [2.45, 2.75) is 44.9 Å². The summed E-state index contributed by atoms with van der Waals surface area (Å²) in [7, 11) is -4.31. The average Bonchev–Trinajstić information content (AvgIpc) is 3.14. The van der Waals surface area contributed by atoms with E-state index in [1.807, 2.05) is 20.8 Å². The van der Waals surface area contributed by atoms with Gasteiger partial charge in [-0.25, -0.2) is 8.42 Å². The van der Waals surface area contributed by atoms with Gasteiger partial charge in [0.25, 0.3) is 15.9 Å². The normalized spacial score (nSPS) is 12.0. The standard InChI is InChI=1S/C27H26N2O5S/c1-17(30)25-18(2)34-24-11-8-21(16-23(24)25)29(26(31)19-12-14-28-15-13-19)35(32,33)22-9-6-20(7-10-22)27(3,4)5/h6-16H,1-5H3. The summed E-state index contributed by atoms with van der Waals surface area (Å²) in [5.41, 5.74) is 1.84. The summed E-state index contributed by atoms with van der Waals surface area (Å²) in [4.78, 5) is 29.7. The molecule has 0 radical (unpaired) electrons. The molecule has 4 aromatic rings. The molecular weight excluding hydrogens is 464 g/mol. The van der Waals surface area contributed by atoms with Gasteiger partial charge in [0.05, 0.1) is 16.1 Å². The van der Waals surface area contributed by atoms with Crippen molar-refractivity contribution in [2.75, 3.05) is 4.31 Å². The first kappa shape index (κ1) is 24.3. The van der Waals surface area contributed by atoms with Gasteiger partial charge in [0, 0.05) is 23.3 Å². The van der Waals surface area contributed by atoms with E-state index in [9.17, 15) is 18.0 Å². The molecule has 4 rings (SSSR count). The maximum absolute atomic E-state index is 13.9. The lowest BCUT2D eigenvalue weighted by Gasteiger charge is -2.24. The quantitative estimate of drug-likeness (QED) is 0.334. The first-order chi connectivity index (χ1) is 16.4. The van der Waals surface area contributed by atoms with E-state index in [0.717, 1.165) is 9.87 Å². The van der Waals surface area contributed by atoms with Gasteiger partial charge in [-0.1, -0.05) is 32.9 Å². The van der Waals surface area contributed by atoms with E-state index in [1.165, 1.54) is 55.7 Å². The SMILES string of the molecule is CC(=O)c1c(C)oc2ccc(N(C(=O)c3ccncc3)S(=O)(=O)c3ccc(C(C)(C)C)cc3)cc12. The lowest BCUT2D eigenvalue weighted by Crippen LogP contribution is -2.37. The first-order valence-electron chi connectivity index (χ1n) is 11.1. The molecule has 0 spiro atoms. The highest BCUT2D eigenvalue weighted by Gasteiger charge is 2.33. The van der Waals surface area contributed by atoms with Crippen LogP contribution >= 0.6 is 0 Å². The Hall–Kier alpha value is -3.78. The molecule has 2 aromatic heterocycles. The van der Waals surface area contributed by atoms with Crippen LogP contribution in [0.4, 0.5) is 5.69 Å². The van der Waals surface area contributed by atoms with Crippen molar-refractivity contribution in [1.29, 1.82) is 0 Å². The van der Waals surface area contributed by atoms with E-state index in [0.29, 0.717) is 22.3 Å². The Morgan fingerprint density at radius 1 is 0.943 bits per heavy atom. The Balaban J connectivity index is 1.92. The minimum absolute atomic E-state index is 0.0248. The second-order valence-corrected chi connectivity index (χ2v) is 11.1. The number of hydrogen-bond acceptors (Lipinski definition) is 6. The van der Waals surface area contributed by atoms with Crippen LogP contribution in [0.15, 0.2) is 76.3 Å². The van der Waals surface area contributed by atoms with E-state index in [1.54, 1.807) is 25.1 Å². The zero-order valence-corrected chi connectivity index (χ0v) is 21.0. The number of carbonyl (C=O) groups is 2. The van der Waals surface area contributed by atoms with Gasteiger partial charge < -0.3 is 4.42 Å². The Labute approximate surface area is 204 Å². The van der Waals surface area contributed by atoms with Gasteiger partial charge in [-0.05, 0) is 67.3 Å². The molecule has 2 aromatic carbocycles. The molecule has 0 N–H and O–H groups in total. The summed E-state index contributed by atoms with van der Waals surface area (Å²) in [5, 5.41) is 0.443. The number of nitrogens with zero attached hydrogens (tertiary/aromatic N) is 2. The number of fused-ring (bicyclic) bond motifs is 1. The molecule has 0 fully saturated rings. The number of furan rings is 1. The van der Waals surface area contributed by atoms with Crippen LogP contribution in [-0.4, -0.2) is 25.1 Å². The molecule has 2 heterocycles. The number of benzene rings is 2. The fraction of sp³-hybridized carbons (Fsp3) is 0.222. The number of sulfonamides is 1. The average molecular weight is 491 g/mol. The number of anilines is 1. The number of hydrogen-bond donors (Lipinski definition) is 0. The molecule has 7 nitrogen and oxygen atoms in total. The summed E-state index contributed by atoms with van der Waals surface area (Å²) in [6, 6.07) is 14.0. The largest absolute Gasteiger partial charge is 0.461 e. The minimum Gasteiger partial charge on any atom is -0.461 e. The Morgan fingerprint density at radius 3 is 2.14 bits per heavy atom. The topological polar surface area (TPSA) is 97.6 Å². The second-order valence-electron chi connectivity index (χ2n) is 9.35. The highest BCUT2D eigenvalue weighted by molar-refractivity contribution is 7.93. The van der Waals surface area contributed by atoms with Gasteiger partial charge >= 0.3 is 0 Å². The number of carbonyl (C=O) groups excluding carboxylic acids is 2. The summed E-state index contributed by atoms with van der Waals surface area (Å²) >= 11 is 0. The molecule has 1 amide bonds. The molecule has 0 aliphatic heterocycles. The Bertz CT molecular complexity index is 1530. The number of pyridine rings is 1. The molecule has 0 saturated carbocycles. The Morgan fingerprint density at radius 2 is 1.57 bits per heavy atom. The molecule has 35 heavy (non-hydrogen) atoms. The third-order valence-corrected chi connectivity index (χ3v) is 7.53. The van der Waals surface area contributed by atoms with E-state index >= 15 is 0 Å². The highest BCUT2D eigenvalue weighted by atomic mass is 32.2. The number of aromatic nitrogens is 1. The zero-order valence-electron chi connectivity index (χ0n) is 20.2. The lowest BCUT2D eigenvalue weighted by atomic mass is 9.87. The van der Waals surface area contributed by atoms with Crippen LogP contribution in [-0.2, 0) is 15.4 Å². The van der Waals surface area contributed by atoms with Crippen LogP contribution in [0.3, 0.4) is 0 Å². The van der Waals surface area contributed by atoms with Gasteiger partial charge in [-0.15, -0.1) is 0 Å². The van der Waals surface area contributed by atoms with Crippen molar-refractivity contribution < 1.29 is 22.4 Å². The second kappa shape index (κ2) is 8.78. The lowest BCUT2D eigenvalue weighted by molar-refractivity contribution is 0.1000. The van der Waals surface area contributed by atoms with Gasteiger partial charge in [-0.2, -0.15) is 4.31 Å². The third kappa shape index (κ3) is 4.49. The molecule has 0 aliphatic rings. The fourth-order valence-electron chi connectivity index (χ4n) is 3.98. The maximum Gasteiger partial charge on any atom is 0.272 e. The monoisotopic (exact) mass is 490 g/mol.